The van der Waals surface area contributed by atoms with Gasteiger partial charge in [-0.1, -0.05) is 35.9 Å². The summed E-state index contributed by atoms with van der Waals surface area (Å²) in [6.07, 6.45) is 0. The quantitative estimate of drug-likeness (QED) is 0.348. The van der Waals surface area contributed by atoms with Crippen molar-refractivity contribution in [2.45, 2.75) is 0 Å². The van der Waals surface area contributed by atoms with Crippen molar-refractivity contribution < 1.29 is 0 Å². The lowest BCUT2D eigenvalue weighted by molar-refractivity contribution is 1.20. The van der Waals surface area contributed by atoms with Crippen molar-refractivity contribution in [3.63, 3.8) is 0 Å². The molecule has 0 fully saturated rings. The zero-order chi connectivity index (χ0) is 14.5. The highest BCUT2D eigenvalue weighted by Gasteiger charge is 2.07. The largest absolute Gasteiger partial charge is 0.399 e. The van der Waals surface area contributed by atoms with Crippen LogP contribution >= 0.6 is 11.6 Å². The number of nitrogen functional groups attached to an aromatic ring is 1. The van der Waals surface area contributed by atoms with Gasteiger partial charge in [-0.15, -0.1) is 10.2 Å². The molecule has 0 aliphatic carbocycles. The minimum Gasteiger partial charge on any atom is -0.399 e. The average Bonchev–Trinajstić information content (AvgIpc) is 2.42. The number of benzene rings is 2. The number of anilines is 1. The number of hydrogen-bond donors (Lipinski definition) is 3. The van der Waals surface area contributed by atoms with Gasteiger partial charge >= 0.3 is 0 Å². The highest BCUT2D eigenvalue weighted by Crippen LogP contribution is 2.16. The van der Waals surface area contributed by atoms with Crippen molar-refractivity contribution in [2.75, 3.05) is 5.73 Å². The SMILES string of the molecule is NC(N)=N/N=C(/c1ccc(N)cc1)c1ccc(Cl)cc1. The number of guanidine groups is 1. The fourth-order valence-corrected chi connectivity index (χ4v) is 1.76. The Morgan fingerprint density at radius 2 is 1.30 bits per heavy atom. The molecule has 6 N–H and O–H groups in total. The topological polar surface area (TPSA) is 103 Å². The number of hydrogen-bond acceptors (Lipinski definition) is 3. The first-order valence-electron chi connectivity index (χ1n) is 5.84. The predicted octanol–water partition coefficient (Wildman–Crippen LogP) is 1.95. The minimum absolute atomic E-state index is 0.105. The van der Waals surface area contributed by atoms with E-state index in [1.54, 1.807) is 24.3 Å². The second-order valence-corrected chi connectivity index (χ2v) is 4.54. The Kier molecular flexibility index (Phi) is 4.22. The van der Waals surface area contributed by atoms with Crippen molar-refractivity contribution in [1.29, 1.82) is 0 Å². The summed E-state index contributed by atoms with van der Waals surface area (Å²) in [4.78, 5) is 0. The van der Waals surface area contributed by atoms with E-state index in [9.17, 15) is 0 Å². The van der Waals surface area contributed by atoms with Gasteiger partial charge in [-0.25, -0.2) is 0 Å². The van der Waals surface area contributed by atoms with E-state index in [1.165, 1.54) is 0 Å². The molecule has 0 saturated heterocycles. The maximum Gasteiger partial charge on any atom is 0.211 e. The van der Waals surface area contributed by atoms with Crippen LogP contribution in [0.5, 0.6) is 0 Å². The van der Waals surface area contributed by atoms with Crippen LogP contribution in [0.2, 0.25) is 5.02 Å². The molecule has 102 valence electrons. The molecule has 0 radical (unpaired) electrons. The van der Waals surface area contributed by atoms with Crippen molar-refractivity contribution in [3.05, 3.63) is 64.7 Å². The molecule has 0 saturated carbocycles. The van der Waals surface area contributed by atoms with E-state index in [0.717, 1.165) is 11.1 Å². The van der Waals surface area contributed by atoms with Crippen LogP contribution in [-0.4, -0.2) is 11.7 Å². The Hall–Kier alpha value is -2.53. The van der Waals surface area contributed by atoms with Gasteiger partial charge in [0.15, 0.2) is 0 Å². The molecule has 0 unspecified atom stereocenters. The molecule has 0 heterocycles. The summed E-state index contributed by atoms with van der Waals surface area (Å²) in [5, 5.41) is 8.46. The lowest BCUT2D eigenvalue weighted by atomic mass is 10.0. The molecule has 0 bridgehead atoms. The molecule has 0 aliphatic heterocycles. The van der Waals surface area contributed by atoms with Gasteiger partial charge in [-0.2, -0.15) is 0 Å². The fourth-order valence-electron chi connectivity index (χ4n) is 1.64. The third-order valence-corrected chi connectivity index (χ3v) is 2.82. The van der Waals surface area contributed by atoms with Gasteiger partial charge in [0.2, 0.25) is 5.96 Å². The van der Waals surface area contributed by atoms with Crippen molar-refractivity contribution in [1.82, 2.24) is 0 Å². The summed E-state index contributed by atoms with van der Waals surface area (Å²) in [7, 11) is 0. The van der Waals surface area contributed by atoms with Crippen LogP contribution in [0.15, 0.2) is 58.7 Å². The molecule has 20 heavy (non-hydrogen) atoms. The van der Waals surface area contributed by atoms with Gasteiger partial charge in [0.25, 0.3) is 0 Å². The molecule has 0 aliphatic rings. The number of nitrogens with zero attached hydrogens (tertiary/aromatic N) is 2. The first-order chi connectivity index (χ1) is 9.56. The minimum atomic E-state index is -0.105. The molecule has 6 heteroatoms. The Labute approximate surface area is 121 Å². The summed E-state index contributed by atoms with van der Waals surface area (Å²) in [6.45, 7) is 0. The normalized spacial score (nSPS) is 11.2. The summed E-state index contributed by atoms with van der Waals surface area (Å²) < 4.78 is 0. The van der Waals surface area contributed by atoms with E-state index < -0.39 is 0 Å². The summed E-state index contributed by atoms with van der Waals surface area (Å²) in [6, 6.07) is 14.5. The molecular weight excluding hydrogens is 274 g/mol. The Balaban J connectivity index is 2.50. The first-order valence-corrected chi connectivity index (χ1v) is 6.22. The van der Waals surface area contributed by atoms with Crippen LogP contribution < -0.4 is 17.2 Å². The van der Waals surface area contributed by atoms with E-state index in [-0.39, 0.29) is 5.96 Å². The standard InChI is InChI=1S/C14H14ClN5/c15-11-5-1-9(2-6-11)13(19-20-14(17)18)10-3-7-12(16)8-4-10/h1-8H,16H2,(H4,17,18,20)/b19-13+. The maximum atomic E-state index is 5.89. The van der Waals surface area contributed by atoms with Crippen LogP contribution in [0.1, 0.15) is 11.1 Å². The molecule has 0 atom stereocenters. The van der Waals surface area contributed by atoms with Crippen LogP contribution in [0.4, 0.5) is 5.69 Å². The van der Waals surface area contributed by atoms with Crippen molar-refractivity contribution >= 4 is 29.0 Å². The molecule has 0 amide bonds. The van der Waals surface area contributed by atoms with Crippen molar-refractivity contribution in [3.8, 4) is 0 Å². The van der Waals surface area contributed by atoms with E-state index in [4.69, 9.17) is 28.8 Å². The van der Waals surface area contributed by atoms with Gasteiger partial charge in [0.1, 0.15) is 5.71 Å². The van der Waals surface area contributed by atoms with Crippen LogP contribution in [0.25, 0.3) is 0 Å². The summed E-state index contributed by atoms with van der Waals surface area (Å²) >= 11 is 5.89. The van der Waals surface area contributed by atoms with E-state index >= 15 is 0 Å². The van der Waals surface area contributed by atoms with E-state index in [2.05, 4.69) is 10.2 Å². The van der Waals surface area contributed by atoms with Gasteiger partial charge in [-0.3, -0.25) is 0 Å². The zero-order valence-corrected chi connectivity index (χ0v) is 11.4. The zero-order valence-electron chi connectivity index (χ0n) is 10.6. The highest BCUT2D eigenvalue weighted by molar-refractivity contribution is 6.30. The monoisotopic (exact) mass is 287 g/mol. The second-order valence-electron chi connectivity index (χ2n) is 4.10. The average molecular weight is 288 g/mol. The fraction of sp³-hybridized carbons (Fsp3) is 0. The predicted molar refractivity (Wildman–Crippen MR) is 83.8 cm³/mol. The first kappa shape index (κ1) is 13.9. The Morgan fingerprint density at radius 3 is 1.80 bits per heavy atom. The number of nitrogens with two attached hydrogens (primary N) is 3. The van der Waals surface area contributed by atoms with Gasteiger partial charge in [0, 0.05) is 21.8 Å². The van der Waals surface area contributed by atoms with E-state index in [1.807, 2.05) is 24.3 Å². The Bertz CT molecular complexity index is 593. The molecule has 2 aromatic carbocycles. The Morgan fingerprint density at radius 1 is 0.800 bits per heavy atom. The van der Waals surface area contributed by atoms with Crippen LogP contribution in [0.3, 0.4) is 0 Å². The smallest absolute Gasteiger partial charge is 0.211 e. The van der Waals surface area contributed by atoms with E-state index in [0.29, 0.717) is 16.4 Å². The highest BCUT2D eigenvalue weighted by atomic mass is 35.5. The molecular formula is C14H14ClN5. The summed E-state index contributed by atoms with van der Waals surface area (Å²) in [5.41, 5.74) is 19.3. The number of rotatable bonds is 3. The molecule has 2 aromatic rings. The van der Waals surface area contributed by atoms with Crippen LogP contribution in [0, 0.1) is 0 Å². The molecule has 0 spiro atoms. The second kappa shape index (κ2) is 6.08. The van der Waals surface area contributed by atoms with Crippen molar-refractivity contribution in [2.24, 2.45) is 21.7 Å². The van der Waals surface area contributed by atoms with Gasteiger partial charge in [-0.05, 0) is 24.3 Å². The maximum absolute atomic E-state index is 5.89. The third-order valence-electron chi connectivity index (χ3n) is 2.57. The molecule has 0 aromatic heterocycles. The van der Waals surface area contributed by atoms with Crippen LogP contribution in [-0.2, 0) is 0 Å². The lowest BCUT2D eigenvalue weighted by Gasteiger charge is -2.06. The number of halogens is 1. The summed E-state index contributed by atoms with van der Waals surface area (Å²) in [5.74, 6) is -0.105. The third kappa shape index (κ3) is 3.49. The van der Waals surface area contributed by atoms with Gasteiger partial charge in [0.05, 0.1) is 0 Å². The lowest BCUT2D eigenvalue weighted by Crippen LogP contribution is -2.22. The van der Waals surface area contributed by atoms with Gasteiger partial charge < -0.3 is 17.2 Å². The molecule has 2 rings (SSSR count). The molecule has 5 nitrogen and oxygen atoms in total.